The summed E-state index contributed by atoms with van der Waals surface area (Å²) < 4.78 is 29.5. The van der Waals surface area contributed by atoms with Gasteiger partial charge in [0, 0.05) is 32.6 Å². The van der Waals surface area contributed by atoms with Crippen molar-refractivity contribution in [2.45, 2.75) is 26.4 Å². The van der Waals surface area contributed by atoms with Gasteiger partial charge in [-0.05, 0) is 20.8 Å². The molecule has 0 aliphatic carbocycles. The molecule has 1 saturated heterocycles. The Morgan fingerprint density at radius 1 is 1.21 bits per heavy atom. The van der Waals surface area contributed by atoms with E-state index in [1.54, 1.807) is 30.6 Å². The van der Waals surface area contributed by atoms with Crippen LogP contribution in [0.25, 0.3) is 0 Å². The summed E-state index contributed by atoms with van der Waals surface area (Å²) in [4.78, 5) is 14.9. The predicted molar refractivity (Wildman–Crippen MR) is 62.2 cm³/mol. The molecule has 0 N–H and O–H groups in total. The summed E-state index contributed by atoms with van der Waals surface area (Å²) in [5, 5.41) is 0. The van der Waals surface area contributed by atoms with Crippen molar-refractivity contribution in [3.63, 3.8) is 0 Å². The van der Waals surface area contributed by atoms with Gasteiger partial charge in [-0.15, -0.1) is 0 Å². The molecule has 0 saturated carbocycles. The SMILES string of the molecule is CC(C)(C)OC(=O)N1CCN(CB(F)F)CC1.[F-].[K+]. The van der Waals surface area contributed by atoms with E-state index in [-0.39, 0.29) is 68.6 Å². The third-order valence-electron chi connectivity index (χ3n) is 2.42. The molecular formula is C10H19BF3KN2O2. The van der Waals surface area contributed by atoms with Crippen LogP contribution in [0.4, 0.5) is 13.4 Å². The Labute approximate surface area is 155 Å². The number of ether oxygens (including phenoxy) is 1. The fourth-order valence-corrected chi connectivity index (χ4v) is 1.63. The van der Waals surface area contributed by atoms with Crippen LogP contribution < -0.4 is 56.1 Å². The van der Waals surface area contributed by atoms with Gasteiger partial charge in [0.15, 0.2) is 0 Å². The van der Waals surface area contributed by atoms with Gasteiger partial charge in [-0.25, -0.2) is 4.79 Å². The molecule has 1 heterocycles. The maximum Gasteiger partial charge on any atom is 1.00 e. The van der Waals surface area contributed by atoms with Gasteiger partial charge in [-0.1, -0.05) is 0 Å². The van der Waals surface area contributed by atoms with Gasteiger partial charge >= 0.3 is 64.7 Å². The summed E-state index contributed by atoms with van der Waals surface area (Å²) in [5.74, 6) is 0. The molecule has 106 valence electrons. The molecule has 0 atom stereocenters. The van der Waals surface area contributed by atoms with E-state index in [1.165, 1.54) is 0 Å². The van der Waals surface area contributed by atoms with Crippen molar-refractivity contribution in [1.29, 1.82) is 0 Å². The molecule has 1 amide bonds. The molecule has 1 aliphatic heterocycles. The number of hydrogen-bond donors (Lipinski definition) is 0. The molecule has 0 aromatic rings. The Balaban J connectivity index is 0. The molecule has 19 heavy (non-hydrogen) atoms. The van der Waals surface area contributed by atoms with Crippen molar-refractivity contribution < 1.29 is 74.3 Å². The van der Waals surface area contributed by atoms with Crippen LogP contribution in [-0.2, 0) is 4.74 Å². The molecule has 1 aliphatic rings. The fourth-order valence-electron chi connectivity index (χ4n) is 1.63. The predicted octanol–water partition coefficient (Wildman–Crippen LogP) is -4.49. The van der Waals surface area contributed by atoms with Crippen molar-refractivity contribution in [1.82, 2.24) is 9.80 Å². The summed E-state index contributed by atoms with van der Waals surface area (Å²) in [6.45, 7) is 7.25. The molecule has 1 rings (SSSR count). The molecule has 0 unspecified atom stereocenters. The van der Waals surface area contributed by atoms with E-state index in [9.17, 15) is 13.4 Å². The van der Waals surface area contributed by atoms with E-state index in [0.717, 1.165) is 0 Å². The van der Waals surface area contributed by atoms with Gasteiger partial charge in [0.2, 0.25) is 0 Å². The number of piperazine rings is 1. The maximum absolute atomic E-state index is 12.2. The fraction of sp³-hybridized carbons (Fsp3) is 0.900. The smallest absolute Gasteiger partial charge is 1.00 e. The zero-order chi connectivity index (χ0) is 13.1. The molecule has 0 radical (unpaired) electrons. The van der Waals surface area contributed by atoms with Crippen LogP contribution in [-0.4, -0.2) is 61.4 Å². The van der Waals surface area contributed by atoms with Crippen LogP contribution in [0, 0.1) is 0 Å². The first-order valence-corrected chi connectivity index (χ1v) is 5.76. The van der Waals surface area contributed by atoms with Gasteiger partial charge in [0.1, 0.15) is 5.60 Å². The van der Waals surface area contributed by atoms with Crippen LogP contribution in [0.1, 0.15) is 20.8 Å². The zero-order valence-electron chi connectivity index (χ0n) is 12.0. The molecule has 1 fully saturated rings. The van der Waals surface area contributed by atoms with Crippen LogP contribution in [0.2, 0.25) is 0 Å². The van der Waals surface area contributed by atoms with Crippen molar-refractivity contribution in [2.24, 2.45) is 0 Å². The summed E-state index contributed by atoms with van der Waals surface area (Å²) in [7, 11) is -2.32. The molecule has 0 spiro atoms. The first kappa shape index (κ1) is 22.0. The van der Waals surface area contributed by atoms with E-state index in [0.29, 0.717) is 26.2 Å². The quantitative estimate of drug-likeness (QED) is 0.482. The number of halogens is 3. The van der Waals surface area contributed by atoms with Gasteiger partial charge in [-0.3, -0.25) is 8.63 Å². The molecule has 9 heteroatoms. The second kappa shape index (κ2) is 9.62. The minimum absolute atomic E-state index is 0. The summed E-state index contributed by atoms with van der Waals surface area (Å²) in [6, 6.07) is 0. The second-order valence-electron chi connectivity index (χ2n) is 5.16. The van der Waals surface area contributed by atoms with Crippen LogP contribution in [0.3, 0.4) is 0 Å². The third-order valence-corrected chi connectivity index (χ3v) is 2.42. The third kappa shape index (κ3) is 9.30. The molecule has 0 aromatic heterocycles. The molecule has 0 bridgehead atoms. The number of carbonyl (C=O) groups excluding carboxylic acids is 1. The zero-order valence-corrected chi connectivity index (χ0v) is 15.1. The standard InChI is InChI=1S/C10H19BF2N2O2.FH.K/c1-10(2,3)17-9(16)15-6-4-14(5-7-15)8-11(12)13;;/h4-8H2,1-3H3;1H;/q;;+1/p-1. The van der Waals surface area contributed by atoms with Crippen molar-refractivity contribution in [3.05, 3.63) is 0 Å². The molecular weight excluding hydrogens is 287 g/mol. The number of nitrogens with zero attached hydrogens (tertiary/aromatic N) is 2. The van der Waals surface area contributed by atoms with Crippen LogP contribution in [0.15, 0.2) is 0 Å². The minimum atomic E-state index is -2.32. The Morgan fingerprint density at radius 3 is 2.05 bits per heavy atom. The number of rotatable bonds is 2. The Bertz CT molecular complexity index is 272. The molecule has 0 aromatic carbocycles. The average Bonchev–Trinajstić information content (AvgIpc) is 2.15. The Hall–Kier alpha value is 0.721. The van der Waals surface area contributed by atoms with Gasteiger partial charge in [0.25, 0.3) is 0 Å². The Kier molecular flexibility index (Phi) is 11.1. The van der Waals surface area contributed by atoms with Crippen molar-refractivity contribution in [3.8, 4) is 0 Å². The van der Waals surface area contributed by atoms with Gasteiger partial charge in [-0.2, -0.15) is 0 Å². The number of amides is 1. The summed E-state index contributed by atoms with van der Waals surface area (Å²) >= 11 is 0. The largest absolute Gasteiger partial charge is 1.00 e. The van der Waals surface area contributed by atoms with Crippen molar-refractivity contribution in [2.75, 3.05) is 32.6 Å². The van der Waals surface area contributed by atoms with E-state index < -0.39 is 12.9 Å². The van der Waals surface area contributed by atoms with E-state index in [1.807, 2.05) is 0 Å². The van der Waals surface area contributed by atoms with Crippen LogP contribution >= 0.6 is 0 Å². The van der Waals surface area contributed by atoms with Crippen molar-refractivity contribution >= 4 is 13.4 Å². The van der Waals surface area contributed by atoms with Gasteiger partial charge < -0.3 is 19.2 Å². The van der Waals surface area contributed by atoms with E-state index >= 15 is 0 Å². The first-order valence-electron chi connectivity index (χ1n) is 5.76. The maximum atomic E-state index is 12.2. The topological polar surface area (TPSA) is 32.8 Å². The number of carbonyl (C=O) groups is 1. The summed E-state index contributed by atoms with van der Waals surface area (Å²) in [6.07, 6.45) is -0.587. The van der Waals surface area contributed by atoms with Gasteiger partial charge in [0.05, 0.1) is 0 Å². The second-order valence-corrected chi connectivity index (χ2v) is 5.16. The minimum Gasteiger partial charge on any atom is -1.00 e. The number of hydrogen-bond acceptors (Lipinski definition) is 3. The van der Waals surface area contributed by atoms with E-state index in [2.05, 4.69) is 0 Å². The Morgan fingerprint density at radius 2 is 1.68 bits per heavy atom. The van der Waals surface area contributed by atoms with E-state index in [4.69, 9.17) is 4.74 Å². The summed E-state index contributed by atoms with van der Waals surface area (Å²) in [5.41, 5.74) is -0.517. The van der Waals surface area contributed by atoms with Crippen LogP contribution in [0.5, 0.6) is 0 Å². The normalized spacial score (nSPS) is 16.2. The average molecular weight is 306 g/mol. The molecule has 4 nitrogen and oxygen atoms in total. The monoisotopic (exact) mass is 306 g/mol. The first-order chi connectivity index (χ1) is 7.78.